The van der Waals surface area contributed by atoms with Crippen molar-refractivity contribution in [3.63, 3.8) is 0 Å². The third-order valence-corrected chi connectivity index (χ3v) is 6.20. The van der Waals surface area contributed by atoms with Gasteiger partial charge in [0.25, 0.3) is 0 Å². The Kier molecular flexibility index (Phi) is 5.11. The fourth-order valence-corrected chi connectivity index (χ4v) is 4.36. The van der Waals surface area contributed by atoms with Crippen LogP contribution in [0.4, 0.5) is 0 Å². The van der Waals surface area contributed by atoms with E-state index in [4.69, 9.17) is 0 Å². The summed E-state index contributed by atoms with van der Waals surface area (Å²) in [5, 5.41) is 4.08. The molecular weight excluding hydrogens is 356 g/mol. The second-order valence-corrected chi connectivity index (χ2v) is 7.98. The molecule has 0 radical (unpaired) electrons. The molecule has 2 aliphatic rings. The Hall–Kier alpha value is -2.77. The standard InChI is InChI=1S/C20H26N6O2/c1-16(26-15-22-14-23-26)19(28)24-10-6-20(7-11-24)5-2-18(27)25(13-20)12-17-3-8-21-9-4-17/h3-4,8-9,14-16H,2,5-7,10-13H2,1H3/t16-/m1/s1. The third kappa shape index (κ3) is 3.76. The molecule has 2 saturated heterocycles. The van der Waals surface area contributed by atoms with Crippen LogP contribution in [0.1, 0.15) is 44.2 Å². The molecule has 1 atom stereocenters. The molecule has 148 valence electrons. The van der Waals surface area contributed by atoms with E-state index in [-0.39, 0.29) is 23.3 Å². The van der Waals surface area contributed by atoms with E-state index in [1.165, 1.54) is 6.33 Å². The highest BCUT2D eigenvalue weighted by atomic mass is 16.2. The van der Waals surface area contributed by atoms with Gasteiger partial charge in [0, 0.05) is 45.0 Å². The van der Waals surface area contributed by atoms with Crippen LogP contribution in [0.2, 0.25) is 0 Å². The molecule has 0 unspecified atom stereocenters. The summed E-state index contributed by atoms with van der Waals surface area (Å²) < 4.78 is 1.60. The number of carbonyl (C=O) groups excluding carboxylic acids is 2. The van der Waals surface area contributed by atoms with Crippen LogP contribution in [0, 0.1) is 5.41 Å². The van der Waals surface area contributed by atoms with Crippen molar-refractivity contribution in [3.05, 3.63) is 42.7 Å². The zero-order chi connectivity index (χ0) is 19.6. The summed E-state index contributed by atoms with van der Waals surface area (Å²) in [4.78, 5) is 37.1. The summed E-state index contributed by atoms with van der Waals surface area (Å²) in [7, 11) is 0. The Labute approximate surface area is 164 Å². The minimum Gasteiger partial charge on any atom is -0.341 e. The molecule has 0 aromatic carbocycles. The van der Waals surface area contributed by atoms with Gasteiger partial charge >= 0.3 is 0 Å². The van der Waals surface area contributed by atoms with Gasteiger partial charge in [-0.05, 0) is 49.3 Å². The average Bonchev–Trinajstić information content (AvgIpc) is 3.26. The fraction of sp³-hybridized carbons (Fsp3) is 0.550. The molecule has 4 heterocycles. The zero-order valence-electron chi connectivity index (χ0n) is 16.2. The molecule has 2 aliphatic heterocycles. The van der Waals surface area contributed by atoms with Gasteiger partial charge in [0.2, 0.25) is 11.8 Å². The SMILES string of the molecule is C[C@H](C(=O)N1CCC2(CCC(=O)N(Cc3ccncc3)C2)CC1)n1cncn1. The van der Waals surface area contributed by atoms with Crippen LogP contribution in [0.25, 0.3) is 0 Å². The van der Waals surface area contributed by atoms with Gasteiger partial charge in [-0.25, -0.2) is 9.67 Å². The molecule has 28 heavy (non-hydrogen) atoms. The molecule has 1 spiro atoms. The van der Waals surface area contributed by atoms with Crippen molar-refractivity contribution >= 4 is 11.8 Å². The second-order valence-electron chi connectivity index (χ2n) is 7.98. The van der Waals surface area contributed by atoms with Gasteiger partial charge in [-0.2, -0.15) is 5.10 Å². The van der Waals surface area contributed by atoms with E-state index in [0.717, 1.165) is 44.5 Å². The number of hydrogen-bond acceptors (Lipinski definition) is 5. The maximum atomic E-state index is 12.8. The van der Waals surface area contributed by atoms with Gasteiger partial charge in [-0.3, -0.25) is 14.6 Å². The van der Waals surface area contributed by atoms with Crippen LogP contribution < -0.4 is 0 Å². The number of carbonyl (C=O) groups is 2. The van der Waals surface area contributed by atoms with E-state index in [9.17, 15) is 9.59 Å². The molecule has 2 aromatic rings. The van der Waals surface area contributed by atoms with Gasteiger partial charge in [-0.15, -0.1) is 0 Å². The van der Waals surface area contributed by atoms with Crippen molar-refractivity contribution in [3.8, 4) is 0 Å². The van der Waals surface area contributed by atoms with E-state index < -0.39 is 0 Å². The normalized spacial score (nSPS) is 20.4. The summed E-state index contributed by atoms with van der Waals surface area (Å²) in [6.07, 6.45) is 9.93. The quantitative estimate of drug-likeness (QED) is 0.803. The van der Waals surface area contributed by atoms with E-state index in [2.05, 4.69) is 15.1 Å². The summed E-state index contributed by atoms with van der Waals surface area (Å²) in [6, 6.07) is 3.58. The van der Waals surface area contributed by atoms with Crippen molar-refractivity contribution in [1.29, 1.82) is 0 Å². The van der Waals surface area contributed by atoms with Crippen LogP contribution in [-0.4, -0.2) is 61.0 Å². The van der Waals surface area contributed by atoms with Crippen molar-refractivity contribution < 1.29 is 9.59 Å². The highest BCUT2D eigenvalue weighted by Crippen LogP contribution is 2.41. The van der Waals surface area contributed by atoms with Crippen LogP contribution >= 0.6 is 0 Å². The Morgan fingerprint density at radius 3 is 2.61 bits per heavy atom. The lowest BCUT2D eigenvalue weighted by atomic mass is 9.72. The Bertz CT molecular complexity index is 814. The lowest BCUT2D eigenvalue weighted by Crippen LogP contribution is -2.52. The molecule has 0 N–H and O–H groups in total. The Morgan fingerprint density at radius 2 is 1.93 bits per heavy atom. The third-order valence-electron chi connectivity index (χ3n) is 6.20. The van der Waals surface area contributed by atoms with Gasteiger partial charge < -0.3 is 9.80 Å². The van der Waals surface area contributed by atoms with Crippen molar-refractivity contribution in [1.82, 2.24) is 29.5 Å². The topological polar surface area (TPSA) is 84.2 Å². The second kappa shape index (κ2) is 7.69. The fourth-order valence-electron chi connectivity index (χ4n) is 4.36. The number of pyridine rings is 1. The molecule has 8 heteroatoms. The smallest absolute Gasteiger partial charge is 0.247 e. The van der Waals surface area contributed by atoms with E-state index in [1.54, 1.807) is 23.4 Å². The maximum Gasteiger partial charge on any atom is 0.247 e. The number of likely N-dealkylation sites (tertiary alicyclic amines) is 2. The molecule has 2 fully saturated rings. The highest BCUT2D eigenvalue weighted by Gasteiger charge is 2.42. The lowest BCUT2D eigenvalue weighted by Gasteiger charge is -2.47. The highest BCUT2D eigenvalue weighted by molar-refractivity contribution is 5.80. The number of hydrogen-bond donors (Lipinski definition) is 0. The maximum absolute atomic E-state index is 12.8. The first-order chi connectivity index (χ1) is 13.6. The van der Waals surface area contributed by atoms with Gasteiger partial charge in [-0.1, -0.05) is 0 Å². The first kappa shape index (κ1) is 18.6. The van der Waals surface area contributed by atoms with Crippen molar-refractivity contribution in [2.75, 3.05) is 19.6 Å². The van der Waals surface area contributed by atoms with Crippen molar-refractivity contribution in [2.45, 2.75) is 45.2 Å². The average molecular weight is 382 g/mol. The van der Waals surface area contributed by atoms with Gasteiger partial charge in [0.15, 0.2) is 0 Å². The molecule has 0 bridgehead atoms. The monoisotopic (exact) mass is 382 g/mol. The summed E-state index contributed by atoms with van der Waals surface area (Å²) >= 11 is 0. The predicted molar refractivity (Wildman–Crippen MR) is 102 cm³/mol. The first-order valence-electron chi connectivity index (χ1n) is 9.86. The molecule has 2 amide bonds. The zero-order valence-corrected chi connectivity index (χ0v) is 16.2. The number of piperidine rings is 2. The molecule has 2 aromatic heterocycles. The number of amides is 2. The van der Waals surface area contributed by atoms with Crippen LogP contribution in [-0.2, 0) is 16.1 Å². The Morgan fingerprint density at radius 1 is 1.18 bits per heavy atom. The summed E-state index contributed by atoms with van der Waals surface area (Å²) in [5.74, 6) is 0.307. The number of nitrogens with zero attached hydrogens (tertiary/aromatic N) is 6. The largest absolute Gasteiger partial charge is 0.341 e. The predicted octanol–water partition coefficient (Wildman–Crippen LogP) is 1.67. The minimum absolute atomic E-state index is 0.0841. The first-order valence-corrected chi connectivity index (χ1v) is 9.86. The summed E-state index contributed by atoms with van der Waals surface area (Å²) in [6.45, 7) is 4.73. The van der Waals surface area contributed by atoms with Gasteiger partial charge in [0.1, 0.15) is 18.7 Å². The number of aromatic nitrogens is 4. The van der Waals surface area contributed by atoms with E-state index in [0.29, 0.717) is 13.0 Å². The minimum atomic E-state index is -0.340. The van der Waals surface area contributed by atoms with Crippen LogP contribution in [0.3, 0.4) is 0 Å². The van der Waals surface area contributed by atoms with Crippen LogP contribution in [0.15, 0.2) is 37.2 Å². The molecule has 4 rings (SSSR count). The van der Waals surface area contributed by atoms with Crippen LogP contribution in [0.5, 0.6) is 0 Å². The molecular formula is C20H26N6O2. The Balaban J connectivity index is 1.37. The van der Waals surface area contributed by atoms with Gasteiger partial charge in [0.05, 0.1) is 0 Å². The van der Waals surface area contributed by atoms with Crippen molar-refractivity contribution in [2.24, 2.45) is 5.41 Å². The molecule has 8 nitrogen and oxygen atoms in total. The molecule has 0 saturated carbocycles. The molecule has 0 aliphatic carbocycles. The number of rotatable bonds is 4. The lowest BCUT2D eigenvalue weighted by molar-refractivity contribution is -0.144. The van der Waals surface area contributed by atoms with E-state index >= 15 is 0 Å². The summed E-state index contributed by atoms with van der Waals surface area (Å²) in [5.41, 5.74) is 1.23. The van der Waals surface area contributed by atoms with E-state index in [1.807, 2.05) is 28.9 Å².